The highest BCUT2D eigenvalue weighted by Crippen LogP contribution is 2.29. The highest BCUT2D eigenvalue weighted by Gasteiger charge is 2.16. The molecule has 3 aromatic carbocycles. The third kappa shape index (κ3) is 3.86. The van der Waals surface area contributed by atoms with Crippen molar-refractivity contribution >= 4 is 22.7 Å². The fraction of sp³-hybridized carbons (Fsp3) is 0.0909. The van der Waals surface area contributed by atoms with Crippen LogP contribution in [-0.2, 0) is 5.75 Å². The van der Waals surface area contributed by atoms with E-state index in [4.69, 9.17) is 4.74 Å². The predicted molar refractivity (Wildman–Crippen MR) is 110 cm³/mol. The molecule has 1 aromatic heterocycles. The molecule has 0 amide bonds. The van der Waals surface area contributed by atoms with Gasteiger partial charge in [-0.15, -0.1) is 0 Å². The molecule has 0 N–H and O–H groups in total. The third-order valence-electron chi connectivity index (χ3n) is 4.36. The van der Waals surface area contributed by atoms with E-state index in [-0.39, 0.29) is 11.3 Å². The number of benzene rings is 3. The topological polar surface area (TPSA) is 44.1 Å². The van der Waals surface area contributed by atoms with Crippen molar-refractivity contribution in [3.8, 4) is 11.4 Å². The van der Waals surface area contributed by atoms with Crippen molar-refractivity contribution in [3.63, 3.8) is 0 Å². The number of halogens is 2. The molecule has 0 radical (unpaired) electrons. The first-order chi connectivity index (χ1) is 14.1. The summed E-state index contributed by atoms with van der Waals surface area (Å²) >= 11 is 1.22. The van der Waals surface area contributed by atoms with Crippen LogP contribution in [0.5, 0.6) is 5.75 Å². The minimum atomic E-state index is -0.644. The predicted octanol–water partition coefficient (Wildman–Crippen LogP) is 4.96. The molecule has 0 bridgehead atoms. The number of fused-ring (bicyclic) bond motifs is 1. The molecule has 29 heavy (non-hydrogen) atoms. The quantitative estimate of drug-likeness (QED) is 0.344. The summed E-state index contributed by atoms with van der Waals surface area (Å²) in [5.41, 5.74) is 1.32. The van der Waals surface area contributed by atoms with Crippen LogP contribution in [0.3, 0.4) is 0 Å². The van der Waals surface area contributed by atoms with Gasteiger partial charge >= 0.3 is 0 Å². The average Bonchev–Trinajstić information content (AvgIpc) is 2.72. The Bertz CT molecular complexity index is 1240. The highest BCUT2D eigenvalue weighted by atomic mass is 32.2. The van der Waals surface area contributed by atoms with Crippen molar-refractivity contribution in [1.82, 2.24) is 9.55 Å². The minimum Gasteiger partial charge on any atom is -0.495 e. The number of para-hydroxylation sites is 3. The van der Waals surface area contributed by atoms with E-state index in [1.807, 2.05) is 6.07 Å². The molecule has 7 heteroatoms. The van der Waals surface area contributed by atoms with Crippen molar-refractivity contribution in [3.05, 3.63) is 94.3 Å². The standard InChI is InChI=1S/C22H16F2N2O2S/c1-28-20-9-5-4-8-19(20)26-21(27)17-6-2-3-7-18(17)25-22(26)29-13-14-10-15(23)12-16(24)11-14/h2-12H,13H2,1H3. The van der Waals surface area contributed by atoms with Gasteiger partial charge < -0.3 is 4.74 Å². The molecular weight excluding hydrogens is 394 g/mol. The van der Waals surface area contributed by atoms with Gasteiger partial charge in [-0.05, 0) is 42.0 Å². The van der Waals surface area contributed by atoms with E-state index in [0.717, 1.165) is 6.07 Å². The molecule has 0 spiro atoms. The lowest BCUT2D eigenvalue weighted by molar-refractivity contribution is 0.411. The number of nitrogens with zero attached hydrogens (tertiary/aromatic N) is 2. The second-order valence-electron chi connectivity index (χ2n) is 6.29. The lowest BCUT2D eigenvalue weighted by Crippen LogP contribution is -2.22. The van der Waals surface area contributed by atoms with Crippen LogP contribution >= 0.6 is 11.8 Å². The van der Waals surface area contributed by atoms with E-state index in [1.54, 1.807) is 42.5 Å². The third-order valence-corrected chi connectivity index (χ3v) is 5.37. The molecule has 0 unspecified atom stereocenters. The molecule has 4 nitrogen and oxygen atoms in total. The highest BCUT2D eigenvalue weighted by molar-refractivity contribution is 7.98. The summed E-state index contributed by atoms with van der Waals surface area (Å²) in [6.45, 7) is 0. The molecule has 0 saturated heterocycles. The van der Waals surface area contributed by atoms with Crippen LogP contribution in [0.25, 0.3) is 16.6 Å². The summed E-state index contributed by atoms with van der Waals surface area (Å²) in [6.07, 6.45) is 0. The number of ether oxygens (including phenoxy) is 1. The Kier molecular flexibility index (Phi) is 5.31. The van der Waals surface area contributed by atoms with E-state index in [0.29, 0.717) is 33.1 Å². The second-order valence-corrected chi connectivity index (χ2v) is 7.23. The van der Waals surface area contributed by atoms with Crippen molar-refractivity contribution in [1.29, 1.82) is 0 Å². The number of thioether (sulfide) groups is 1. The number of hydrogen-bond acceptors (Lipinski definition) is 4. The van der Waals surface area contributed by atoms with Gasteiger partial charge in [0.05, 0.1) is 23.7 Å². The maximum Gasteiger partial charge on any atom is 0.266 e. The van der Waals surface area contributed by atoms with Gasteiger partial charge in [-0.3, -0.25) is 9.36 Å². The molecule has 0 aliphatic carbocycles. The zero-order valence-electron chi connectivity index (χ0n) is 15.4. The maximum absolute atomic E-state index is 13.5. The summed E-state index contributed by atoms with van der Waals surface area (Å²) in [5, 5.41) is 0.877. The maximum atomic E-state index is 13.5. The van der Waals surface area contributed by atoms with Gasteiger partial charge in [0.15, 0.2) is 5.16 Å². The van der Waals surface area contributed by atoms with Gasteiger partial charge in [-0.25, -0.2) is 13.8 Å². The molecular formula is C22H16F2N2O2S. The molecule has 4 rings (SSSR count). The monoisotopic (exact) mass is 410 g/mol. The van der Waals surface area contributed by atoms with E-state index in [2.05, 4.69) is 4.98 Å². The largest absolute Gasteiger partial charge is 0.495 e. The van der Waals surface area contributed by atoms with Crippen molar-refractivity contribution in [2.75, 3.05) is 7.11 Å². The summed E-state index contributed by atoms with van der Waals surface area (Å²) in [6, 6.07) is 17.6. The van der Waals surface area contributed by atoms with E-state index in [9.17, 15) is 13.6 Å². The summed E-state index contributed by atoms with van der Waals surface area (Å²) in [5.74, 6) is -0.525. The lowest BCUT2D eigenvalue weighted by Gasteiger charge is -2.15. The van der Waals surface area contributed by atoms with Crippen LogP contribution in [0.15, 0.2) is 76.7 Å². The number of rotatable bonds is 5. The fourth-order valence-electron chi connectivity index (χ4n) is 3.08. The van der Waals surface area contributed by atoms with Crippen LogP contribution in [-0.4, -0.2) is 16.7 Å². The van der Waals surface area contributed by atoms with Gasteiger partial charge in [0.1, 0.15) is 17.4 Å². The zero-order chi connectivity index (χ0) is 20.4. The first kappa shape index (κ1) is 19.1. The molecule has 146 valence electrons. The Morgan fingerprint density at radius 2 is 1.69 bits per heavy atom. The minimum absolute atomic E-state index is 0.243. The first-order valence-electron chi connectivity index (χ1n) is 8.80. The van der Waals surface area contributed by atoms with E-state index >= 15 is 0 Å². The van der Waals surface area contributed by atoms with Crippen molar-refractivity contribution in [2.45, 2.75) is 10.9 Å². The van der Waals surface area contributed by atoms with Gasteiger partial charge in [0, 0.05) is 11.8 Å². The molecule has 0 aliphatic heterocycles. The van der Waals surface area contributed by atoms with Crippen LogP contribution in [0.1, 0.15) is 5.56 Å². The van der Waals surface area contributed by atoms with Crippen LogP contribution in [0.2, 0.25) is 0 Å². The average molecular weight is 410 g/mol. The van der Waals surface area contributed by atoms with Crippen molar-refractivity contribution < 1.29 is 13.5 Å². The molecule has 1 heterocycles. The Hall–Kier alpha value is -3.19. The zero-order valence-corrected chi connectivity index (χ0v) is 16.2. The van der Waals surface area contributed by atoms with Gasteiger partial charge in [0.25, 0.3) is 5.56 Å². The molecule has 0 saturated carbocycles. The summed E-state index contributed by atoms with van der Waals surface area (Å²) in [7, 11) is 1.53. The number of hydrogen-bond donors (Lipinski definition) is 0. The normalized spacial score (nSPS) is 11.0. The van der Waals surface area contributed by atoms with Crippen LogP contribution in [0, 0.1) is 11.6 Å². The van der Waals surface area contributed by atoms with Gasteiger partial charge in [-0.2, -0.15) is 0 Å². The molecule has 0 fully saturated rings. The Balaban J connectivity index is 1.86. The van der Waals surface area contributed by atoms with E-state index in [1.165, 1.54) is 35.6 Å². The fourth-order valence-corrected chi connectivity index (χ4v) is 4.01. The lowest BCUT2D eigenvalue weighted by atomic mass is 10.2. The SMILES string of the molecule is COc1ccccc1-n1c(SCc2cc(F)cc(F)c2)nc2ccccc2c1=O. The van der Waals surface area contributed by atoms with Crippen LogP contribution < -0.4 is 10.3 Å². The smallest absolute Gasteiger partial charge is 0.266 e. The summed E-state index contributed by atoms with van der Waals surface area (Å²) in [4.78, 5) is 17.9. The Morgan fingerprint density at radius 1 is 1.00 bits per heavy atom. The Labute approximate surface area is 169 Å². The molecule has 0 atom stereocenters. The second kappa shape index (κ2) is 8.05. The molecule has 4 aromatic rings. The van der Waals surface area contributed by atoms with E-state index < -0.39 is 11.6 Å². The van der Waals surface area contributed by atoms with Gasteiger partial charge in [0.2, 0.25) is 0 Å². The van der Waals surface area contributed by atoms with Crippen LogP contribution in [0.4, 0.5) is 8.78 Å². The number of methoxy groups -OCH3 is 1. The van der Waals surface area contributed by atoms with Crippen molar-refractivity contribution in [2.24, 2.45) is 0 Å². The first-order valence-corrected chi connectivity index (χ1v) is 9.78. The summed E-state index contributed by atoms with van der Waals surface area (Å²) < 4.78 is 34.0. The van der Waals surface area contributed by atoms with Gasteiger partial charge in [-0.1, -0.05) is 36.0 Å². The molecule has 0 aliphatic rings. The Morgan fingerprint density at radius 3 is 2.45 bits per heavy atom. The number of aromatic nitrogens is 2.